The van der Waals surface area contributed by atoms with Gasteiger partial charge in [-0.3, -0.25) is 4.40 Å². The number of benzene rings is 2. The highest BCUT2D eigenvalue weighted by Crippen LogP contribution is 2.31. The third-order valence-electron chi connectivity index (χ3n) is 4.05. The SMILES string of the molecule is CCc1ccc2c(c1)sc1nnc(-c3ccc(C)c(N)c3)n12. The van der Waals surface area contributed by atoms with Crippen molar-refractivity contribution in [3.63, 3.8) is 0 Å². The number of anilines is 1. The topological polar surface area (TPSA) is 56.2 Å². The van der Waals surface area contributed by atoms with Gasteiger partial charge in [-0.25, -0.2) is 0 Å². The van der Waals surface area contributed by atoms with Crippen molar-refractivity contribution in [3.8, 4) is 11.4 Å². The van der Waals surface area contributed by atoms with E-state index in [1.807, 2.05) is 25.1 Å². The molecule has 2 heterocycles. The Bertz CT molecular complexity index is 997. The molecule has 2 aromatic carbocycles. The molecule has 2 aromatic heterocycles. The first kappa shape index (κ1) is 13.3. The second kappa shape index (κ2) is 4.81. The predicted molar refractivity (Wildman–Crippen MR) is 92.3 cm³/mol. The molecule has 0 spiro atoms. The molecule has 0 fully saturated rings. The molecule has 4 aromatic rings. The lowest BCUT2D eigenvalue weighted by molar-refractivity contribution is 1.12. The van der Waals surface area contributed by atoms with Crippen LogP contribution in [0.2, 0.25) is 0 Å². The summed E-state index contributed by atoms with van der Waals surface area (Å²) in [7, 11) is 0. The molecule has 5 heteroatoms. The van der Waals surface area contributed by atoms with Gasteiger partial charge >= 0.3 is 0 Å². The minimum absolute atomic E-state index is 0.780. The predicted octanol–water partition coefficient (Wildman–Crippen LogP) is 4.06. The van der Waals surface area contributed by atoms with Gasteiger partial charge in [0.05, 0.1) is 10.2 Å². The van der Waals surface area contributed by atoms with E-state index in [1.54, 1.807) is 11.3 Å². The first-order valence-corrected chi connectivity index (χ1v) is 8.12. The van der Waals surface area contributed by atoms with Gasteiger partial charge in [0, 0.05) is 11.3 Å². The second-order valence-corrected chi connectivity index (χ2v) is 6.48. The van der Waals surface area contributed by atoms with E-state index in [9.17, 15) is 0 Å². The summed E-state index contributed by atoms with van der Waals surface area (Å²) in [4.78, 5) is 0.914. The van der Waals surface area contributed by atoms with Gasteiger partial charge in [-0.05, 0) is 42.7 Å². The van der Waals surface area contributed by atoms with Crippen molar-refractivity contribution in [1.82, 2.24) is 14.6 Å². The Morgan fingerprint density at radius 3 is 2.77 bits per heavy atom. The van der Waals surface area contributed by atoms with Crippen LogP contribution >= 0.6 is 11.3 Å². The lowest BCUT2D eigenvalue weighted by Gasteiger charge is -2.04. The Balaban J connectivity index is 2.00. The highest BCUT2D eigenvalue weighted by atomic mass is 32.1. The molecule has 0 radical (unpaired) electrons. The molecule has 0 bridgehead atoms. The van der Waals surface area contributed by atoms with E-state index in [-0.39, 0.29) is 0 Å². The van der Waals surface area contributed by atoms with Crippen molar-refractivity contribution in [1.29, 1.82) is 0 Å². The molecule has 22 heavy (non-hydrogen) atoms. The van der Waals surface area contributed by atoms with Crippen molar-refractivity contribution >= 4 is 32.2 Å². The normalized spacial score (nSPS) is 11.5. The summed E-state index contributed by atoms with van der Waals surface area (Å²) in [6.45, 7) is 4.17. The average Bonchev–Trinajstić information content (AvgIpc) is 3.08. The summed E-state index contributed by atoms with van der Waals surface area (Å²) in [5.41, 5.74) is 11.4. The van der Waals surface area contributed by atoms with Crippen LogP contribution in [0.15, 0.2) is 36.4 Å². The number of aromatic nitrogens is 3. The zero-order valence-electron chi connectivity index (χ0n) is 12.5. The van der Waals surface area contributed by atoms with Crippen molar-refractivity contribution in [2.75, 3.05) is 5.73 Å². The standard InChI is InChI=1S/C17H16N4S/c1-3-11-5-7-14-15(8-11)22-17-20-19-16(21(14)17)12-6-4-10(2)13(18)9-12/h4-9H,3,18H2,1-2H3. The van der Waals surface area contributed by atoms with Crippen LogP contribution in [0.25, 0.3) is 26.6 Å². The highest BCUT2D eigenvalue weighted by molar-refractivity contribution is 7.23. The molecule has 4 rings (SSSR count). The maximum atomic E-state index is 6.04. The molecule has 0 unspecified atom stereocenters. The van der Waals surface area contributed by atoms with Crippen LogP contribution < -0.4 is 5.73 Å². The third kappa shape index (κ3) is 1.89. The van der Waals surface area contributed by atoms with Crippen molar-refractivity contribution < 1.29 is 0 Å². The van der Waals surface area contributed by atoms with E-state index >= 15 is 0 Å². The lowest BCUT2D eigenvalue weighted by atomic mass is 10.1. The fourth-order valence-corrected chi connectivity index (χ4v) is 3.69. The van der Waals surface area contributed by atoms with Gasteiger partial charge in [-0.15, -0.1) is 10.2 Å². The largest absolute Gasteiger partial charge is 0.398 e. The monoisotopic (exact) mass is 308 g/mol. The molecule has 0 aliphatic rings. The zero-order valence-corrected chi connectivity index (χ0v) is 13.3. The Labute approximate surface area is 132 Å². The number of rotatable bonds is 2. The summed E-state index contributed by atoms with van der Waals surface area (Å²) in [5, 5.41) is 8.69. The van der Waals surface area contributed by atoms with Crippen LogP contribution in [0.3, 0.4) is 0 Å². The van der Waals surface area contributed by atoms with E-state index in [0.29, 0.717) is 0 Å². The van der Waals surface area contributed by atoms with Crippen LogP contribution in [0, 0.1) is 6.92 Å². The molecular weight excluding hydrogens is 292 g/mol. The quantitative estimate of drug-likeness (QED) is 0.568. The van der Waals surface area contributed by atoms with Gasteiger partial charge in [0.2, 0.25) is 4.96 Å². The maximum absolute atomic E-state index is 6.04. The van der Waals surface area contributed by atoms with E-state index in [2.05, 4.69) is 39.7 Å². The molecule has 0 saturated carbocycles. The smallest absolute Gasteiger partial charge is 0.217 e. The van der Waals surface area contributed by atoms with Crippen LogP contribution in [0.4, 0.5) is 5.69 Å². The number of thiazole rings is 1. The molecule has 0 aliphatic carbocycles. The summed E-state index contributed by atoms with van der Waals surface area (Å²) in [5.74, 6) is 0.845. The zero-order chi connectivity index (χ0) is 15.3. The molecule has 0 amide bonds. The lowest BCUT2D eigenvalue weighted by Crippen LogP contribution is -1.93. The van der Waals surface area contributed by atoms with Crippen molar-refractivity contribution in [2.45, 2.75) is 20.3 Å². The van der Waals surface area contributed by atoms with Crippen molar-refractivity contribution in [3.05, 3.63) is 47.5 Å². The van der Waals surface area contributed by atoms with Gasteiger partial charge in [0.25, 0.3) is 0 Å². The van der Waals surface area contributed by atoms with Gasteiger partial charge in [0.15, 0.2) is 5.82 Å². The summed E-state index contributed by atoms with van der Waals surface area (Å²) >= 11 is 1.67. The molecule has 2 N–H and O–H groups in total. The van der Waals surface area contributed by atoms with Gasteiger partial charge in [-0.1, -0.05) is 36.5 Å². The van der Waals surface area contributed by atoms with E-state index in [1.165, 1.54) is 10.3 Å². The first-order valence-electron chi connectivity index (χ1n) is 7.30. The van der Waals surface area contributed by atoms with Gasteiger partial charge in [-0.2, -0.15) is 0 Å². The average molecular weight is 308 g/mol. The molecule has 110 valence electrons. The number of nitrogens with two attached hydrogens (primary N) is 1. The van der Waals surface area contributed by atoms with Crippen molar-refractivity contribution in [2.24, 2.45) is 0 Å². The molecule has 0 saturated heterocycles. The Morgan fingerprint density at radius 2 is 2.00 bits per heavy atom. The summed E-state index contributed by atoms with van der Waals surface area (Å²) < 4.78 is 3.36. The molecule has 0 atom stereocenters. The second-order valence-electron chi connectivity index (χ2n) is 5.47. The number of nitrogen functional groups attached to an aromatic ring is 1. The molecular formula is C17H16N4S. The Hall–Kier alpha value is -2.40. The van der Waals surface area contributed by atoms with E-state index in [0.717, 1.165) is 39.5 Å². The minimum Gasteiger partial charge on any atom is -0.398 e. The maximum Gasteiger partial charge on any atom is 0.217 e. The minimum atomic E-state index is 0.780. The fraction of sp³-hybridized carbons (Fsp3) is 0.176. The van der Waals surface area contributed by atoms with Gasteiger partial charge in [0.1, 0.15) is 0 Å². The van der Waals surface area contributed by atoms with Crippen LogP contribution in [-0.4, -0.2) is 14.6 Å². The highest BCUT2D eigenvalue weighted by Gasteiger charge is 2.14. The molecule has 4 nitrogen and oxygen atoms in total. The fourth-order valence-electron chi connectivity index (χ4n) is 2.66. The van der Waals surface area contributed by atoms with Crippen LogP contribution in [-0.2, 0) is 6.42 Å². The number of hydrogen-bond donors (Lipinski definition) is 1. The van der Waals surface area contributed by atoms with Crippen LogP contribution in [0.5, 0.6) is 0 Å². The van der Waals surface area contributed by atoms with Gasteiger partial charge < -0.3 is 5.73 Å². The Morgan fingerprint density at radius 1 is 1.14 bits per heavy atom. The first-order chi connectivity index (χ1) is 10.7. The summed E-state index contributed by atoms with van der Waals surface area (Å²) in [6.07, 6.45) is 1.04. The number of hydrogen-bond acceptors (Lipinski definition) is 4. The Kier molecular flexibility index (Phi) is 2.90. The van der Waals surface area contributed by atoms with Crippen LogP contribution in [0.1, 0.15) is 18.1 Å². The van der Waals surface area contributed by atoms with E-state index in [4.69, 9.17) is 5.73 Å². The third-order valence-corrected chi connectivity index (χ3v) is 5.04. The molecule has 0 aliphatic heterocycles. The van der Waals surface area contributed by atoms with E-state index < -0.39 is 0 Å². The number of aryl methyl sites for hydroxylation is 2. The number of nitrogens with zero attached hydrogens (tertiary/aromatic N) is 3. The number of fused-ring (bicyclic) bond motifs is 3. The summed E-state index contributed by atoms with van der Waals surface area (Å²) in [6, 6.07) is 12.6.